The van der Waals surface area contributed by atoms with Crippen LogP contribution in [0.25, 0.3) is 0 Å². The molecule has 0 spiro atoms. The van der Waals surface area contributed by atoms with Crippen LogP contribution in [0.2, 0.25) is 0 Å². The fourth-order valence-corrected chi connectivity index (χ4v) is 1.49. The summed E-state index contributed by atoms with van der Waals surface area (Å²) in [5.74, 6) is 0. The van der Waals surface area contributed by atoms with Crippen LogP contribution in [0, 0.1) is 0 Å². The summed E-state index contributed by atoms with van der Waals surface area (Å²) in [5, 5.41) is 0. The molecule has 0 amide bonds. The van der Waals surface area contributed by atoms with Gasteiger partial charge < -0.3 is 15.2 Å². The lowest BCUT2D eigenvalue weighted by molar-refractivity contribution is -0.0463. The summed E-state index contributed by atoms with van der Waals surface area (Å²) in [6.07, 6.45) is 3.30. The van der Waals surface area contributed by atoms with Gasteiger partial charge in [0.2, 0.25) is 0 Å². The molecule has 0 unspecified atom stereocenters. The number of nitrogens with two attached hydrogens (primary N) is 1. The predicted molar refractivity (Wildman–Crippen MR) is 52.7 cm³/mol. The first kappa shape index (κ1) is 9.43. The van der Waals surface area contributed by atoms with Gasteiger partial charge in [-0.15, -0.1) is 0 Å². The average molecular weight is 194 g/mol. The van der Waals surface area contributed by atoms with Crippen molar-refractivity contribution in [3.63, 3.8) is 0 Å². The maximum absolute atomic E-state index is 5.76. The number of nitrogens with zero attached hydrogens (tertiary/aromatic N) is 1. The first-order chi connectivity index (χ1) is 6.86. The number of hydrogen-bond acceptors (Lipinski definition) is 4. The summed E-state index contributed by atoms with van der Waals surface area (Å²) in [5.41, 5.74) is 7.43. The lowest BCUT2D eigenvalue weighted by atomic mass is 10.2. The Balaban J connectivity index is 1.88. The molecule has 2 N–H and O–H groups in total. The number of aromatic nitrogens is 1. The predicted octanol–water partition coefficient (Wildman–Crippen LogP) is 0.969. The summed E-state index contributed by atoms with van der Waals surface area (Å²) in [6, 6.07) is 3.69. The molecule has 1 fully saturated rings. The van der Waals surface area contributed by atoms with Crippen molar-refractivity contribution in [2.45, 2.75) is 19.1 Å². The van der Waals surface area contributed by atoms with Crippen LogP contribution >= 0.6 is 0 Å². The van der Waals surface area contributed by atoms with E-state index in [0.717, 1.165) is 24.2 Å². The maximum atomic E-state index is 5.76. The van der Waals surface area contributed by atoms with E-state index < -0.39 is 0 Å². The van der Waals surface area contributed by atoms with Crippen molar-refractivity contribution in [3.8, 4) is 0 Å². The Labute approximate surface area is 83.0 Å². The zero-order valence-electron chi connectivity index (χ0n) is 7.98. The van der Waals surface area contributed by atoms with Crippen molar-refractivity contribution in [1.82, 2.24) is 4.98 Å². The second-order valence-corrected chi connectivity index (χ2v) is 3.25. The highest BCUT2D eigenvalue weighted by Crippen LogP contribution is 2.14. The van der Waals surface area contributed by atoms with Gasteiger partial charge in [0.25, 0.3) is 0 Å². The van der Waals surface area contributed by atoms with Crippen molar-refractivity contribution in [3.05, 3.63) is 24.0 Å². The van der Waals surface area contributed by atoms with Crippen molar-refractivity contribution in [2.24, 2.45) is 0 Å². The van der Waals surface area contributed by atoms with Gasteiger partial charge in [0.1, 0.15) is 0 Å². The molecule has 1 aliphatic rings. The molecule has 1 saturated heterocycles. The summed E-state index contributed by atoms with van der Waals surface area (Å²) in [4.78, 5) is 4.20. The third kappa shape index (κ3) is 2.21. The SMILES string of the molecule is Nc1cccnc1CCC1OCCO1. The molecule has 1 aromatic heterocycles. The molecular formula is C10H14N2O2. The van der Waals surface area contributed by atoms with Crippen LogP contribution in [0.3, 0.4) is 0 Å². The molecule has 0 radical (unpaired) electrons. The number of ether oxygens (including phenoxy) is 2. The molecule has 4 heteroatoms. The lowest BCUT2D eigenvalue weighted by Crippen LogP contribution is -2.10. The number of aryl methyl sites for hydroxylation is 1. The fraction of sp³-hybridized carbons (Fsp3) is 0.500. The van der Waals surface area contributed by atoms with Gasteiger partial charge in [-0.3, -0.25) is 4.98 Å². The van der Waals surface area contributed by atoms with E-state index >= 15 is 0 Å². The highest BCUT2D eigenvalue weighted by atomic mass is 16.7. The molecule has 4 nitrogen and oxygen atoms in total. The van der Waals surface area contributed by atoms with Crippen molar-refractivity contribution >= 4 is 5.69 Å². The van der Waals surface area contributed by atoms with Crippen LogP contribution in [0.4, 0.5) is 5.69 Å². The minimum atomic E-state index is -0.0728. The minimum absolute atomic E-state index is 0.0728. The van der Waals surface area contributed by atoms with E-state index in [1.54, 1.807) is 6.20 Å². The van der Waals surface area contributed by atoms with Gasteiger partial charge in [-0.05, 0) is 18.6 Å². The van der Waals surface area contributed by atoms with E-state index in [9.17, 15) is 0 Å². The molecule has 76 valence electrons. The molecule has 1 aliphatic heterocycles. The van der Waals surface area contributed by atoms with Crippen molar-refractivity contribution in [1.29, 1.82) is 0 Å². The zero-order chi connectivity index (χ0) is 9.80. The molecule has 1 aromatic rings. The maximum Gasteiger partial charge on any atom is 0.158 e. The number of anilines is 1. The average Bonchev–Trinajstić information content (AvgIpc) is 2.69. The lowest BCUT2D eigenvalue weighted by Gasteiger charge is -2.08. The molecule has 0 aromatic carbocycles. The molecular weight excluding hydrogens is 180 g/mol. The van der Waals surface area contributed by atoms with E-state index in [0.29, 0.717) is 13.2 Å². The van der Waals surface area contributed by atoms with Gasteiger partial charge in [0, 0.05) is 12.6 Å². The molecule has 0 atom stereocenters. The Hall–Kier alpha value is -1.13. The highest BCUT2D eigenvalue weighted by Gasteiger charge is 2.16. The van der Waals surface area contributed by atoms with Gasteiger partial charge in [-0.1, -0.05) is 0 Å². The van der Waals surface area contributed by atoms with Crippen LogP contribution in [-0.2, 0) is 15.9 Å². The summed E-state index contributed by atoms with van der Waals surface area (Å²) < 4.78 is 10.6. The second-order valence-electron chi connectivity index (χ2n) is 3.25. The largest absolute Gasteiger partial charge is 0.397 e. The summed E-state index contributed by atoms with van der Waals surface area (Å²) >= 11 is 0. The zero-order valence-corrected chi connectivity index (χ0v) is 7.98. The van der Waals surface area contributed by atoms with E-state index in [2.05, 4.69) is 4.98 Å². The second kappa shape index (κ2) is 4.39. The number of rotatable bonds is 3. The molecule has 0 aliphatic carbocycles. The van der Waals surface area contributed by atoms with E-state index in [4.69, 9.17) is 15.2 Å². The van der Waals surface area contributed by atoms with E-state index in [1.807, 2.05) is 12.1 Å². The monoisotopic (exact) mass is 194 g/mol. The Bertz CT molecular complexity index is 298. The number of pyridine rings is 1. The summed E-state index contributed by atoms with van der Waals surface area (Å²) in [6.45, 7) is 1.39. The third-order valence-corrected chi connectivity index (χ3v) is 2.23. The van der Waals surface area contributed by atoms with Crippen LogP contribution in [0.5, 0.6) is 0 Å². The van der Waals surface area contributed by atoms with Crippen molar-refractivity contribution in [2.75, 3.05) is 18.9 Å². The van der Waals surface area contributed by atoms with Gasteiger partial charge in [0.05, 0.1) is 24.6 Å². The molecule has 2 heterocycles. The molecule has 14 heavy (non-hydrogen) atoms. The number of nitrogen functional groups attached to an aromatic ring is 1. The Morgan fingerprint density at radius 2 is 2.21 bits per heavy atom. The highest BCUT2D eigenvalue weighted by molar-refractivity contribution is 5.41. The molecule has 0 saturated carbocycles. The molecule has 0 bridgehead atoms. The van der Waals surface area contributed by atoms with Crippen LogP contribution in [0.1, 0.15) is 12.1 Å². The van der Waals surface area contributed by atoms with Gasteiger partial charge in [0.15, 0.2) is 6.29 Å². The first-order valence-corrected chi connectivity index (χ1v) is 4.79. The van der Waals surface area contributed by atoms with E-state index in [-0.39, 0.29) is 6.29 Å². The standard InChI is InChI=1S/C10H14N2O2/c11-8-2-1-5-12-9(8)3-4-10-13-6-7-14-10/h1-2,5,10H,3-4,6-7,11H2. The smallest absolute Gasteiger partial charge is 0.158 e. The quantitative estimate of drug-likeness (QED) is 0.779. The first-order valence-electron chi connectivity index (χ1n) is 4.79. The number of hydrogen-bond donors (Lipinski definition) is 1. The third-order valence-electron chi connectivity index (χ3n) is 2.23. The summed E-state index contributed by atoms with van der Waals surface area (Å²) in [7, 11) is 0. The normalized spacial score (nSPS) is 17.4. The van der Waals surface area contributed by atoms with Gasteiger partial charge in [-0.2, -0.15) is 0 Å². The van der Waals surface area contributed by atoms with Crippen LogP contribution < -0.4 is 5.73 Å². The minimum Gasteiger partial charge on any atom is -0.397 e. The van der Waals surface area contributed by atoms with Crippen LogP contribution in [0.15, 0.2) is 18.3 Å². The Morgan fingerprint density at radius 3 is 2.93 bits per heavy atom. The molecule has 2 rings (SSSR count). The van der Waals surface area contributed by atoms with Gasteiger partial charge in [-0.25, -0.2) is 0 Å². The Kier molecular flexibility index (Phi) is 2.96. The topological polar surface area (TPSA) is 57.4 Å². The van der Waals surface area contributed by atoms with Crippen LogP contribution in [-0.4, -0.2) is 24.5 Å². The Morgan fingerprint density at radius 1 is 1.43 bits per heavy atom. The fourth-order valence-electron chi connectivity index (χ4n) is 1.49. The van der Waals surface area contributed by atoms with E-state index in [1.165, 1.54) is 0 Å². The van der Waals surface area contributed by atoms with Gasteiger partial charge >= 0.3 is 0 Å². The van der Waals surface area contributed by atoms with Crippen molar-refractivity contribution < 1.29 is 9.47 Å².